The molecule has 0 atom stereocenters. The predicted octanol–water partition coefficient (Wildman–Crippen LogP) is 4.44. The average molecular weight is 486 g/mol. The second kappa shape index (κ2) is 9.89. The number of hydrogen-bond donors (Lipinski definition) is 1. The number of benzene rings is 1. The van der Waals surface area contributed by atoms with Gasteiger partial charge in [0.15, 0.2) is 5.82 Å². The zero-order chi connectivity index (χ0) is 25.2. The summed E-state index contributed by atoms with van der Waals surface area (Å²) in [6, 6.07) is 11.2. The highest BCUT2D eigenvalue weighted by molar-refractivity contribution is 5.96. The lowest BCUT2D eigenvalue weighted by Crippen LogP contribution is -2.46. The minimum Gasteiger partial charge on any atom is -0.349 e. The molecule has 0 radical (unpaired) electrons. The Hall–Kier alpha value is -3.69. The van der Waals surface area contributed by atoms with Crippen LogP contribution in [0.25, 0.3) is 5.82 Å². The summed E-state index contributed by atoms with van der Waals surface area (Å²) in [6.45, 7) is 4.82. The molecule has 1 N–H and O–H groups in total. The molecule has 1 aromatic carbocycles. The van der Waals surface area contributed by atoms with Gasteiger partial charge in [-0.3, -0.25) is 9.59 Å². The van der Waals surface area contributed by atoms with Crippen LogP contribution in [0, 0.1) is 0 Å². The molecule has 2 aromatic heterocycles. The highest BCUT2D eigenvalue weighted by Gasteiger charge is 2.31. The van der Waals surface area contributed by atoms with Gasteiger partial charge < -0.3 is 10.2 Å². The molecule has 10 heteroatoms. The summed E-state index contributed by atoms with van der Waals surface area (Å²) in [5.41, 5.74) is 0.700. The van der Waals surface area contributed by atoms with Crippen LogP contribution in [-0.4, -0.2) is 50.6 Å². The van der Waals surface area contributed by atoms with Gasteiger partial charge in [-0.1, -0.05) is 32.0 Å². The quantitative estimate of drug-likeness (QED) is 0.579. The van der Waals surface area contributed by atoms with Crippen molar-refractivity contribution in [2.75, 3.05) is 13.1 Å². The van der Waals surface area contributed by atoms with Crippen molar-refractivity contribution in [2.45, 2.75) is 44.8 Å². The van der Waals surface area contributed by atoms with Crippen LogP contribution in [0.1, 0.15) is 64.6 Å². The summed E-state index contributed by atoms with van der Waals surface area (Å²) in [5.74, 6) is -0.261. The number of nitrogens with one attached hydrogen (secondary N) is 1. The molecule has 3 heterocycles. The Balaban J connectivity index is 1.44. The predicted molar refractivity (Wildman–Crippen MR) is 123 cm³/mol. The number of aromatic nitrogens is 3. The molecule has 1 aliphatic rings. The number of amides is 2. The third-order valence-corrected chi connectivity index (χ3v) is 6.03. The van der Waals surface area contributed by atoms with Gasteiger partial charge in [0.05, 0.1) is 23.0 Å². The van der Waals surface area contributed by atoms with Crippen molar-refractivity contribution in [3.63, 3.8) is 0 Å². The maximum Gasteiger partial charge on any atom is 0.417 e. The van der Waals surface area contributed by atoms with E-state index < -0.39 is 11.7 Å². The summed E-state index contributed by atoms with van der Waals surface area (Å²) in [5, 5.41) is 7.27. The second-order valence-electron chi connectivity index (χ2n) is 8.82. The molecule has 0 bridgehead atoms. The lowest BCUT2D eigenvalue weighted by molar-refractivity contribution is -0.137. The van der Waals surface area contributed by atoms with Gasteiger partial charge in [-0.25, -0.2) is 9.67 Å². The van der Waals surface area contributed by atoms with Gasteiger partial charge in [0.25, 0.3) is 11.8 Å². The van der Waals surface area contributed by atoms with Crippen LogP contribution in [0.2, 0.25) is 0 Å². The number of nitrogens with zero attached hydrogens (tertiary/aromatic N) is 4. The van der Waals surface area contributed by atoms with Crippen LogP contribution < -0.4 is 5.32 Å². The summed E-state index contributed by atoms with van der Waals surface area (Å²) in [4.78, 5) is 31.4. The number of likely N-dealkylation sites (tertiary alicyclic amines) is 1. The molecule has 1 fully saturated rings. The number of rotatable bonds is 5. The highest BCUT2D eigenvalue weighted by Crippen LogP contribution is 2.29. The molecule has 0 aliphatic carbocycles. The van der Waals surface area contributed by atoms with Gasteiger partial charge in [0, 0.05) is 30.9 Å². The smallest absolute Gasteiger partial charge is 0.349 e. The van der Waals surface area contributed by atoms with Crippen molar-refractivity contribution in [1.82, 2.24) is 25.0 Å². The van der Waals surface area contributed by atoms with Crippen LogP contribution in [0.15, 0.2) is 54.9 Å². The molecule has 3 aromatic rings. The Labute approximate surface area is 201 Å². The largest absolute Gasteiger partial charge is 0.417 e. The molecular weight excluding hydrogens is 459 g/mol. The molecule has 184 valence electrons. The Morgan fingerprint density at radius 2 is 1.71 bits per heavy atom. The monoisotopic (exact) mass is 485 g/mol. The zero-order valence-electron chi connectivity index (χ0n) is 19.4. The van der Waals surface area contributed by atoms with E-state index in [9.17, 15) is 22.8 Å². The molecule has 35 heavy (non-hydrogen) atoms. The Kier molecular flexibility index (Phi) is 6.90. The normalized spacial score (nSPS) is 14.9. The Morgan fingerprint density at radius 1 is 1.03 bits per heavy atom. The van der Waals surface area contributed by atoms with Crippen molar-refractivity contribution in [3.8, 4) is 5.82 Å². The molecule has 7 nitrogen and oxygen atoms in total. The van der Waals surface area contributed by atoms with E-state index in [1.807, 2.05) is 32.0 Å². The SMILES string of the molecule is CC(C)c1c(C(=O)NC2CCN(C(=O)c3ccccc3)CC2)cnn1-c1ccc(C(F)(F)F)cn1. The minimum atomic E-state index is -4.48. The van der Waals surface area contributed by atoms with Crippen LogP contribution in [-0.2, 0) is 6.18 Å². The number of carbonyl (C=O) groups is 2. The van der Waals surface area contributed by atoms with Crippen molar-refractivity contribution in [3.05, 3.63) is 77.2 Å². The van der Waals surface area contributed by atoms with Gasteiger partial charge in [0.2, 0.25) is 0 Å². The van der Waals surface area contributed by atoms with Gasteiger partial charge in [0.1, 0.15) is 0 Å². The van der Waals surface area contributed by atoms with Crippen LogP contribution in [0.4, 0.5) is 13.2 Å². The fraction of sp³-hybridized carbons (Fsp3) is 0.360. The zero-order valence-corrected chi connectivity index (χ0v) is 19.4. The summed E-state index contributed by atoms with van der Waals surface area (Å²) in [7, 11) is 0. The van der Waals surface area contributed by atoms with E-state index in [1.54, 1.807) is 17.0 Å². The first kappa shape index (κ1) is 24.4. The maximum absolute atomic E-state index is 13.1. The second-order valence-corrected chi connectivity index (χ2v) is 8.82. The first-order valence-corrected chi connectivity index (χ1v) is 11.4. The van der Waals surface area contributed by atoms with E-state index in [4.69, 9.17) is 0 Å². The van der Waals surface area contributed by atoms with E-state index in [0.717, 1.165) is 12.3 Å². The molecule has 0 saturated carbocycles. The fourth-order valence-corrected chi connectivity index (χ4v) is 4.20. The van der Waals surface area contributed by atoms with Gasteiger partial charge in [-0.2, -0.15) is 18.3 Å². The molecule has 0 unspecified atom stereocenters. The van der Waals surface area contributed by atoms with Gasteiger partial charge in [-0.15, -0.1) is 0 Å². The fourth-order valence-electron chi connectivity index (χ4n) is 4.20. The van der Waals surface area contributed by atoms with Gasteiger partial charge in [-0.05, 0) is 43.0 Å². The topological polar surface area (TPSA) is 80.1 Å². The number of halogens is 3. The molecule has 1 saturated heterocycles. The number of piperidine rings is 1. The highest BCUT2D eigenvalue weighted by atomic mass is 19.4. The van der Waals surface area contributed by atoms with E-state index in [0.29, 0.717) is 42.8 Å². The van der Waals surface area contributed by atoms with Crippen LogP contribution in [0.5, 0.6) is 0 Å². The number of pyridine rings is 1. The molecule has 1 aliphatic heterocycles. The first-order chi connectivity index (χ1) is 16.6. The summed E-state index contributed by atoms with van der Waals surface area (Å²) in [6.07, 6.45) is -1.07. The first-order valence-electron chi connectivity index (χ1n) is 11.4. The van der Waals surface area contributed by atoms with Crippen LogP contribution in [0.3, 0.4) is 0 Å². The lowest BCUT2D eigenvalue weighted by Gasteiger charge is -2.32. The summed E-state index contributed by atoms with van der Waals surface area (Å²) >= 11 is 0. The van der Waals surface area contributed by atoms with Crippen LogP contribution >= 0.6 is 0 Å². The molecule has 0 spiro atoms. The lowest BCUT2D eigenvalue weighted by atomic mass is 10.0. The molecule has 4 rings (SSSR count). The van der Waals surface area contributed by atoms with Gasteiger partial charge >= 0.3 is 6.18 Å². The third kappa shape index (κ3) is 5.36. The van der Waals surface area contributed by atoms with Crippen molar-refractivity contribution in [1.29, 1.82) is 0 Å². The maximum atomic E-state index is 13.1. The Bertz CT molecular complexity index is 1180. The standard InChI is InChI=1S/C25H26F3N5O2/c1-16(2)22-20(15-30-33(22)21-9-8-18(14-29-21)25(26,27)28)23(34)31-19-10-12-32(13-11-19)24(35)17-6-4-3-5-7-17/h3-9,14-16,19H,10-13H2,1-2H3,(H,31,34). The molecule has 2 amide bonds. The number of hydrogen-bond acceptors (Lipinski definition) is 4. The van der Waals surface area contributed by atoms with Crippen molar-refractivity contribution < 1.29 is 22.8 Å². The van der Waals surface area contributed by atoms with Crippen molar-refractivity contribution >= 4 is 11.8 Å². The number of alkyl halides is 3. The van der Waals surface area contributed by atoms with E-state index in [2.05, 4.69) is 15.4 Å². The Morgan fingerprint density at radius 3 is 2.29 bits per heavy atom. The van der Waals surface area contributed by atoms with E-state index in [-0.39, 0.29) is 29.6 Å². The van der Waals surface area contributed by atoms with E-state index >= 15 is 0 Å². The average Bonchev–Trinajstić information content (AvgIpc) is 3.30. The molecular formula is C25H26F3N5O2. The van der Waals surface area contributed by atoms with E-state index in [1.165, 1.54) is 16.9 Å². The summed E-state index contributed by atoms with van der Waals surface area (Å²) < 4.78 is 40.0. The minimum absolute atomic E-state index is 0.0252. The number of carbonyl (C=O) groups excluding carboxylic acids is 2. The third-order valence-electron chi connectivity index (χ3n) is 6.03. The van der Waals surface area contributed by atoms with Crippen molar-refractivity contribution in [2.24, 2.45) is 0 Å².